The summed E-state index contributed by atoms with van der Waals surface area (Å²) in [7, 11) is -0.865. The Morgan fingerprint density at radius 3 is 2.24 bits per heavy atom. The first-order chi connectivity index (χ1) is 9.96. The highest BCUT2D eigenvalue weighted by atomic mass is 32.2. The summed E-state index contributed by atoms with van der Waals surface area (Å²) in [6.07, 6.45) is 0. The second-order valence-corrected chi connectivity index (χ2v) is 5.89. The van der Waals surface area contributed by atoms with Gasteiger partial charge in [0.25, 0.3) is 0 Å². The fraction of sp³-hybridized carbons (Fsp3) is 0.200. The van der Waals surface area contributed by atoms with Crippen molar-refractivity contribution in [1.82, 2.24) is 0 Å². The molecule has 6 heteroatoms. The van der Waals surface area contributed by atoms with E-state index in [9.17, 15) is 8.42 Å². The predicted octanol–water partition coefficient (Wildman–Crippen LogP) is 2.78. The molecule has 0 saturated heterocycles. The third-order valence-electron chi connectivity index (χ3n) is 2.90. The van der Waals surface area contributed by atoms with E-state index in [2.05, 4.69) is 0 Å². The SMILES string of the molecule is COc1cccc(OS(=O)(=O)c2ccc(OC)c(C)c2)c1. The second-order valence-electron chi connectivity index (χ2n) is 4.35. The maximum absolute atomic E-state index is 12.2. The van der Waals surface area contributed by atoms with Crippen LogP contribution in [0.2, 0.25) is 0 Å². The van der Waals surface area contributed by atoms with Crippen LogP contribution in [0.5, 0.6) is 17.2 Å². The van der Waals surface area contributed by atoms with Gasteiger partial charge in [-0.05, 0) is 42.8 Å². The zero-order valence-electron chi connectivity index (χ0n) is 12.0. The molecule has 0 heterocycles. The standard InChI is InChI=1S/C15H16O5S/c1-11-9-14(7-8-15(11)19-3)21(16,17)20-13-6-4-5-12(10-13)18-2/h4-10H,1-3H3. The summed E-state index contributed by atoms with van der Waals surface area (Å²) in [6, 6.07) is 11.0. The summed E-state index contributed by atoms with van der Waals surface area (Å²) < 4.78 is 39.8. The topological polar surface area (TPSA) is 61.8 Å². The van der Waals surface area contributed by atoms with Gasteiger partial charge in [-0.15, -0.1) is 0 Å². The van der Waals surface area contributed by atoms with Crippen LogP contribution in [0, 0.1) is 6.92 Å². The molecule has 0 fully saturated rings. The summed E-state index contributed by atoms with van der Waals surface area (Å²) in [5.41, 5.74) is 0.716. The van der Waals surface area contributed by atoms with Gasteiger partial charge in [0.05, 0.1) is 14.2 Å². The van der Waals surface area contributed by atoms with Crippen molar-refractivity contribution in [2.75, 3.05) is 14.2 Å². The second kappa shape index (κ2) is 6.05. The lowest BCUT2D eigenvalue weighted by molar-refractivity contribution is 0.410. The molecular weight excluding hydrogens is 292 g/mol. The molecule has 0 spiro atoms. The van der Waals surface area contributed by atoms with Gasteiger partial charge < -0.3 is 13.7 Å². The van der Waals surface area contributed by atoms with Gasteiger partial charge in [-0.1, -0.05) is 6.07 Å². The molecule has 21 heavy (non-hydrogen) atoms. The van der Waals surface area contributed by atoms with Crippen molar-refractivity contribution in [3.8, 4) is 17.2 Å². The van der Waals surface area contributed by atoms with Crippen LogP contribution in [-0.4, -0.2) is 22.6 Å². The van der Waals surface area contributed by atoms with Gasteiger partial charge >= 0.3 is 10.1 Å². The van der Waals surface area contributed by atoms with E-state index < -0.39 is 10.1 Å². The Morgan fingerprint density at radius 1 is 0.905 bits per heavy atom. The lowest BCUT2D eigenvalue weighted by Gasteiger charge is -2.10. The molecule has 0 aliphatic rings. The van der Waals surface area contributed by atoms with Crippen LogP contribution in [0.1, 0.15) is 5.56 Å². The van der Waals surface area contributed by atoms with Crippen molar-refractivity contribution in [3.05, 3.63) is 48.0 Å². The first-order valence-electron chi connectivity index (χ1n) is 6.19. The number of ether oxygens (including phenoxy) is 2. The minimum atomic E-state index is -3.90. The van der Waals surface area contributed by atoms with E-state index in [-0.39, 0.29) is 10.6 Å². The fourth-order valence-electron chi connectivity index (χ4n) is 1.83. The number of hydrogen-bond donors (Lipinski definition) is 0. The lowest BCUT2D eigenvalue weighted by atomic mass is 10.2. The zero-order valence-corrected chi connectivity index (χ0v) is 12.8. The van der Waals surface area contributed by atoms with Crippen molar-refractivity contribution >= 4 is 10.1 Å². The first kappa shape index (κ1) is 15.2. The van der Waals surface area contributed by atoms with Crippen LogP contribution in [0.3, 0.4) is 0 Å². The van der Waals surface area contributed by atoms with Gasteiger partial charge in [-0.3, -0.25) is 0 Å². The third kappa shape index (κ3) is 3.46. The molecule has 2 aromatic rings. The largest absolute Gasteiger partial charge is 0.497 e. The molecule has 2 rings (SSSR count). The van der Waals surface area contributed by atoms with Crippen LogP contribution in [0.25, 0.3) is 0 Å². The van der Waals surface area contributed by atoms with Crippen molar-refractivity contribution in [2.45, 2.75) is 11.8 Å². The molecule has 0 aliphatic carbocycles. The van der Waals surface area contributed by atoms with E-state index in [4.69, 9.17) is 13.7 Å². The summed E-state index contributed by atoms with van der Waals surface area (Å²) in [6.45, 7) is 1.77. The average molecular weight is 308 g/mol. The number of rotatable bonds is 5. The molecule has 0 aliphatic heterocycles. The maximum atomic E-state index is 12.2. The number of hydrogen-bond acceptors (Lipinski definition) is 5. The molecule has 0 atom stereocenters. The monoisotopic (exact) mass is 308 g/mol. The van der Waals surface area contributed by atoms with Gasteiger partial charge in [-0.2, -0.15) is 8.42 Å². The van der Waals surface area contributed by atoms with Gasteiger partial charge in [0.15, 0.2) is 0 Å². The van der Waals surface area contributed by atoms with E-state index in [0.717, 1.165) is 0 Å². The van der Waals surface area contributed by atoms with Crippen molar-refractivity contribution < 1.29 is 22.1 Å². The van der Waals surface area contributed by atoms with E-state index in [1.165, 1.54) is 32.4 Å². The predicted molar refractivity (Wildman–Crippen MR) is 78.5 cm³/mol. The molecule has 0 saturated carbocycles. The molecule has 5 nitrogen and oxygen atoms in total. The van der Waals surface area contributed by atoms with Crippen molar-refractivity contribution in [2.24, 2.45) is 0 Å². The zero-order chi connectivity index (χ0) is 15.5. The van der Waals surface area contributed by atoms with Crippen molar-refractivity contribution in [3.63, 3.8) is 0 Å². The van der Waals surface area contributed by atoms with Crippen LogP contribution in [0.4, 0.5) is 0 Å². The highest BCUT2D eigenvalue weighted by Crippen LogP contribution is 2.26. The Balaban J connectivity index is 2.31. The minimum Gasteiger partial charge on any atom is -0.497 e. The Morgan fingerprint density at radius 2 is 1.62 bits per heavy atom. The Hall–Kier alpha value is -2.21. The van der Waals surface area contributed by atoms with Gasteiger partial charge in [0.1, 0.15) is 22.1 Å². The molecule has 0 amide bonds. The first-order valence-corrected chi connectivity index (χ1v) is 7.60. The summed E-state index contributed by atoms with van der Waals surface area (Å²) in [5, 5.41) is 0. The van der Waals surface area contributed by atoms with E-state index in [0.29, 0.717) is 17.1 Å². The minimum absolute atomic E-state index is 0.0728. The summed E-state index contributed by atoms with van der Waals surface area (Å²) >= 11 is 0. The Labute approximate surface area is 124 Å². The Bertz CT molecular complexity index is 737. The van der Waals surface area contributed by atoms with Crippen LogP contribution >= 0.6 is 0 Å². The van der Waals surface area contributed by atoms with Gasteiger partial charge in [0.2, 0.25) is 0 Å². The molecule has 112 valence electrons. The molecule has 0 aromatic heterocycles. The molecule has 0 N–H and O–H groups in total. The highest BCUT2D eigenvalue weighted by Gasteiger charge is 2.18. The van der Waals surface area contributed by atoms with E-state index >= 15 is 0 Å². The number of benzene rings is 2. The molecule has 0 radical (unpaired) electrons. The molecule has 2 aromatic carbocycles. The third-order valence-corrected chi connectivity index (χ3v) is 4.15. The molecular formula is C15H16O5S. The normalized spacial score (nSPS) is 11.0. The highest BCUT2D eigenvalue weighted by molar-refractivity contribution is 7.87. The number of aryl methyl sites for hydroxylation is 1. The molecule has 0 unspecified atom stereocenters. The fourth-order valence-corrected chi connectivity index (χ4v) is 2.84. The Kier molecular flexibility index (Phi) is 4.37. The van der Waals surface area contributed by atoms with Gasteiger partial charge in [-0.25, -0.2) is 0 Å². The summed E-state index contributed by atoms with van der Waals surface area (Å²) in [5.74, 6) is 1.34. The van der Waals surface area contributed by atoms with Gasteiger partial charge in [0, 0.05) is 6.07 Å². The smallest absolute Gasteiger partial charge is 0.339 e. The lowest BCUT2D eigenvalue weighted by Crippen LogP contribution is -2.10. The van der Waals surface area contributed by atoms with Crippen LogP contribution in [-0.2, 0) is 10.1 Å². The van der Waals surface area contributed by atoms with Crippen molar-refractivity contribution in [1.29, 1.82) is 0 Å². The maximum Gasteiger partial charge on any atom is 0.339 e. The van der Waals surface area contributed by atoms with E-state index in [1.807, 2.05) is 0 Å². The van der Waals surface area contributed by atoms with E-state index in [1.54, 1.807) is 31.2 Å². The van der Waals surface area contributed by atoms with Crippen LogP contribution < -0.4 is 13.7 Å². The summed E-state index contributed by atoms with van der Waals surface area (Å²) in [4.78, 5) is 0.0728. The molecule has 0 bridgehead atoms. The number of methoxy groups -OCH3 is 2. The quantitative estimate of drug-likeness (QED) is 0.795. The van der Waals surface area contributed by atoms with Crippen LogP contribution in [0.15, 0.2) is 47.4 Å². The average Bonchev–Trinajstić information content (AvgIpc) is 2.47.